The molecule has 0 fully saturated rings. The van der Waals surface area contributed by atoms with Crippen LogP contribution in [0.5, 0.6) is 0 Å². The predicted octanol–water partition coefficient (Wildman–Crippen LogP) is 17.9. The molecule has 0 saturated carbocycles. The molecule has 332 valence electrons. The molecule has 4 nitrogen and oxygen atoms in total. The van der Waals surface area contributed by atoms with Crippen molar-refractivity contribution in [3.05, 3.63) is 243 Å². The first-order chi connectivity index (χ1) is 35.7. The summed E-state index contributed by atoms with van der Waals surface area (Å²) in [4.78, 5) is 11.1. The SMILES string of the molecule is c1ccc(-c2ccc(-c3nc(-n4c5ccc(-c6ccc7c(c6)c6c8cccc9c8c(cc6n7-c6ccccc6)-c6ccccc6-9)cc5c5c6ccccc6ccc54)nc4c3ccc3ccccc34)cc2)cc1. The summed E-state index contributed by atoms with van der Waals surface area (Å²) in [5, 5.41) is 13.1. The Hall–Kier alpha value is -9.64. The van der Waals surface area contributed by atoms with Crippen LogP contribution in [-0.2, 0) is 0 Å². The van der Waals surface area contributed by atoms with Gasteiger partial charge in [-0.05, 0) is 126 Å². The van der Waals surface area contributed by atoms with Gasteiger partial charge in [0, 0.05) is 43.6 Å². The lowest BCUT2D eigenvalue weighted by Gasteiger charge is -2.14. The molecule has 0 atom stereocenters. The van der Waals surface area contributed by atoms with Crippen LogP contribution < -0.4 is 0 Å². The number of fused-ring (bicyclic) bond motifs is 15. The monoisotopic (exact) mass is 912 g/mol. The number of nitrogens with zero attached hydrogens (tertiary/aromatic N) is 4. The molecule has 0 unspecified atom stereocenters. The number of aromatic nitrogens is 4. The minimum absolute atomic E-state index is 0.643. The molecule has 0 amide bonds. The van der Waals surface area contributed by atoms with Crippen LogP contribution in [0.15, 0.2) is 243 Å². The van der Waals surface area contributed by atoms with Crippen LogP contribution >= 0.6 is 0 Å². The van der Waals surface area contributed by atoms with Gasteiger partial charge >= 0.3 is 0 Å². The molecular formula is C68H40N4. The highest BCUT2D eigenvalue weighted by Crippen LogP contribution is 2.51. The normalized spacial score (nSPS) is 12.2. The Morgan fingerprint density at radius 1 is 0.264 bits per heavy atom. The van der Waals surface area contributed by atoms with Crippen LogP contribution in [0.2, 0.25) is 0 Å². The second-order valence-corrected chi connectivity index (χ2v) is 19.2. The summed E-state index contributed by atoms with van der Waals surface area (Å²) in [6.07, 6.45) is 0. The highest BCUT2D eigenvalue weighted by Gasteiger charge is 2.26. The van der Waals surface area contributed by atoms with E-state index in [9.17, 15) is 0 Å². The number of rotatable bonds is 5. The fourth-order valence-corrected chi connectivity index (χ4v) is 12.2. The Morgan fingerprint density at radius 3 is 1.57 bits per heavy atom. The van der Waals surface area contributed by atoms with Crippen molar-refractivity contribution < 1.29 is 0 Å². The third-order valence-electron chi connectivity index (χ3n) is 15.4. The van der Waals surface area contributed by atoms with Gasteiger partial charge in [0.15, 0.2) is 0 Å². The Balaban J connectivity index is 0.942. The molecule has 3 aromatic heterocycles. The van der Waals surface area contributed by atoms with E-state index in [2.05, 4.69) is 252 Å². The van der Waals surface area contributed by atoms with E-state index < -0.39 is 0 Å². The van der Waals surface area contributed by atoms with E-state index >= 15 is 0 Å². The van der Waals surface area contributed by atoms with E-state index in [1.54, 1.807) is 0 Å². The zero-order valence-electron chi connectivity index (χ0n) is 38.9. The average molecular weight is 913 g/mol. The highest BCUT2D eigenvalue weighted by molar-refractivity contribution is 6.30. The van der Waals surface area contributed by atoms with Gasteiger partial charge in [0.25, 0.3) is 0 Å². The third kappa shape index (κ3) is 5.57. The van der Waals surface area contributed by atoms with Crippen molar-refractivity contribution in [1.82, 2.24) is 19.1 Å². The van der Waals surface area contributed by atoms with Gasteiger partial charge in [-0.1, -0.05) is 188 Å². The highest BCUT2D eigenvalue weighted by atomic mass is 15.2. The van der Waals surface area contributed by atoms with E-state index in [0.29, 0.717) is 5.95 Å². The third-order valence-corrected chi connectivity index (χ3v) is 15.4. The quantitative estimate of drug-likeness (QED) is 0.161. The minimum atomic E-state index is 0.643. The van der Waals surface area contributed by atoms with Gasteiger partial charge in [0.05, 0.1) is 33.3 Å². The van der Waals surface area contributed by atoms with Gasteiger partial charge in [0.2, 0.25) is 5.95 Å². The van der Waals surface area contributed by atoms with Crippen molar-refractivity contribution in [1.29, 1.82) is 0 Å². The van der Waals surface area contributed by atoms with Gasteiger partial charge < -0.3 is 4.57 Å². The average Bonchev–Trinajstić information content (AvgIpc) is 4.09. The summed E-state index contributed by atoms with van der Waals surface area (Å²) >= 11 is 0. The summed E-state index contributed by atoms with van der Waals surface area (Å²) in [6.45, 7) is 0. The Morgan fingerprint density at radius 2 is 0.806 bits per heavy atom. The van der Waals surface area contributed by atoms with Crippen LogP contribution in [0.4, 0.5) is 0 Å². The number of hydrogen-bond donors (Lipinski definition) is 0. The van der Waals surface area contributed by atoms with E-state index in [1.807, 2.05) is 0 Å². The summed E-state index contributed by atoms with van der Waals surface area (Å²) in [7, 11) is 0. The first-order valence-electron chi connectivity index (χ1n) is 24.7. The lowest BCUT2D eigenvalue weighted by molar-refractivity contribution is 1.02. The Kier molecular flexibility index (Phi) is 8.14. The summed E-state index contributed by atoms with van der Waals surface area (Å²) in [6, 6.07) is 88.6. The Labute approximate surface area is 413 Å². The lowest BCUT2D eigenvalue weighted by atomic mass is 9.96. The van der Waals surface area contributed by atoms with Crippen molar-refractivity contribution in [2.45, 2.75) is 0 Å². The molecule has 1 aliphatic rings. The molecule has 12 aromatic carbocycles. The van der Waals surface area contributed by atoms with Gasteiger partial charge in [-0.2, -0.15) is 0 Å². The van der Waals surface area contributed by atoms with E-state index in [4.69, 9.17) is 9.97 Å². The smallest absolute Gasteiger partial charge is 0.235 e. The van der Waals surface area contributed by atoms with Crippen LogP contribution in [0, 0.1) is 0 Å². The standard InChI is InChI=1S/C68H40N4/c1-3-14-41(15-4-1)42-26-28-45(29-27-42)66-55-34-30-44-17-8-10-21-50(44)67(55)70-68(69-66)72-60-36-33-47(39-58(60)64-49-20-9-7-16-43(49)31-37-61(64)72)46-32-35-59-57(38-46)65-54-25-13-24-53-51-22-11-12-23-52(51)56(63(53)54)40-62(65)71(59)48-18-5-2-6-19-48/h1-40H. The van der Waals surface area contributed by atoms with Crippen LogP contribution in [0.25, 0.3) is 154 Å². The second kappa shape index (κ2) is 14.9. The molecule has 1 aliphatic carbocycles. The molecular weight excluding hydrogens is 873 g/mol. The molecule has 0 N–H and O–H groups in total. The molecule has 4 heteroatoms. The lowest BCUT2D eigenvalue weighted by Crippen LogP contribution is -2.04. The summed E-state index contributed by atoms with van der Waals surface area (Å²) in [5.41, 5.74) is 18.4. The van der Waals surface area contributed by atoms with Gasteiger partial charge in [-0.3, -0.25) is 4.57 Å². The first kappa shape index (κ1) is 39.2. The Bertz CT molecular complexity index is 4770. The topological polar surface area (TPSA) is 35.6 Å². The van der Waals surface area contributed by atoms with Crippen molar-refractivity contribution in [3.8, 4) is 67.4 Å². The molecule has 15 aromatic rings. The van der Waals surface area contributed by atoms with E-state index in [0.717, 1.165) is 60.6 Å². The summed E-state index contributed by atoms with van der Waals surface area (Å²) in [5.74, 6) is 0.643. The zero-order valence-corrected chi connectivity index (χ0v) is 38.9. The van der Waals surface area contributed by atoms with E-state index in [1.165, 1.54) is 87.7 Å². The molecule has 3 heterocycles. The maximum Gasteiger partial charge on any atom is 0.235 e. The van der Waals surface area contributed by atoms with E-state index in [-0.39, 0.29) is 0 Å². The fourth-order valence-electron chi connectivity index (χ4n) is 12.2. The molecule has 0 aliphatic heterocycles. The van der Waals surface area contributed by atoms with Crippen LogP contribution in [-0.4, -0.2) is 19.1 Å². The number of benzene rings is 12. The maximum atomic E-state index is 5.58. The molecule has 0 bridgehead atoms. The van der Waals surface area contributed by atoms with Gasteiger partial charge in [0.1, 0.15) is 0 Å². The molecule has 0 radical (unpaired) electrons. The van der Waals surface area contributed by atoms with Crippen molar-refractivity contribution in [3.63, 3.8) is 0 Å². The van der Waals surface area contributed by atoms with Crippen molar-refractivity contribution >= 4 is 86.8 Å². The number of para-hydroxylation sites is 1. The second-order valence-electron chi connectivity index (χ2n) is 19.2. The maximum absolute atomic E-state index is 5.58. The molecule has 0 saturated heterocycles. The molecule has 72 heavy (non-hydrogen) atoms. The minimum Gasteiger partial charge on any atom is -0.309 e. The number of hydrogen-bond acceptors (Lipinski definition) is 2. The summed E-state index contributed by atoms with van der Waals surface area (Å²) < 4.78 is 4.75. The van der Waals surface area contributed by atoms with Crippen LogP contribution in [0.1, 0.15) is 0 Å². The van der Waals surface area contributed by atoms with Crippen molar-refractivity contribution in [2.75, 3.05) is 0 Å². The molecule has 16 rings (SSSR count). The van der Waals surface area contributed by atoms with Crippen LogP contribution in [0.3, 0.4) is 0 Å². The molecule has 0 spiro atoms. The zero-order chi connectivity index (χ0) is 47.0. The van der Waals surface area contributed by atoms with Crippen molar-refractivity contribution in [2.24, 2.45) is 0 Å². The largest absolute Gasteiger partial charge is 0.309 e. The predicted molar refractivity (Wildman–Crippen MR) is 301 cm³/mol. The fraction of sp³-hybridized carbons (Fsp3) is 0. The first-order valence-corrected chi connectivity index (χ1v) is 24.7. The van der Waals surface area contributed by atoms with Gasteiger partial charge in [-0.25, -0.2) is 9.97 Å². The van der Waals surface area contributed by atoms with Gasteiger partial charge in [-0.15, -0.1) is 0 Å².